The van der Waals surface area contributed by atoms with Crippen molar-refractivity contribution in [2.45, 2.75) is 39.0 Å². The summed E-state index contributed by atoms with van der Waals surface area (Å²) in [5.74, 6) is 0.755. The van der Waals surface area contributed by atoms with E-state index in [9.17, 15) is 9.90 Å². The summed E-state index contributed by atoms with van der Waals surface area (Å²) in [4.78, 5) is 11.0. The van der Waals surface area contributed by atoms with E-state index in [0.29, 0.717) is 26.1 Å². The Hall–Kier alpha value is -3.15. The monoisotopic (exact) mass is 430 g/mol. The van der Waals surface area contributed by atoms with Gasteiger partial charge in [0.15, 0.2) is 0 Å². The number of carbonyl (C=O) groups excluding carboxylic acids is 1. The Morgan fingerprint density at radius 3 is 2.66 bits per heavy atom. The first-order chi connectivity index (χ1) is 15.5. The second kappa shape index (κ2) is 9.98. The number of benzene rings is 3. The minimum Gasteiger partial charge on any atom is -0.489 e. The average Bonchev–Trinajstić information content (AvgIpc) is 3.10. The van der Waals surface area contributed by atoms with Crippen molar-refractivity contribution in [3.63, 3.8) is 0 Å². The highest BCUT2D eigenvalue weighted by Crippen LogP contribution is 2.34. The molecule has 0 radical (unpaired) electrons. The van der Waals surface area contributed by atoms with Crippen molar-refractivity contribution in [1.29, 1.82) is 0 Å². The third-order valence-corrected chi connectivity index (χ3v) is 6.05. The number of ether oxygens (including phenoxy) is 1. The molecule has 1 aliphatic carbocycles. The molecule has 3 aromatic rings. The molecule has 0 aromatic heterocycles. The maximum absolute atomic E-state index is 11.0. The van der Waals surface area contributed by atoms with Crippen LogP contribution < -0.4 is 15.4 Å². The fourth-order valence-corrected chi connectivity index (χ4v) is 4.35. The molecule has 2 atom stereocenters. The molecule has 1 aliphatic rings. The zero-order chi connectivity index (χ0) is 22.5. The number of hydrogen-bond donors (Lipinski definition) is 3. The number of carbonyl (C=O) groups is 1. The highest BCUT2D eigenvalue weighted by Gasteiger charge is 2.30. The van der Waals surface area contributed by atoms with E-state index >= 15 is 0 Å². The Balaban J connectivity index is 1.42. The fraction of sp³-hybridized carbons (Fsp3) is 0.296. The minimum absolute atomic E-state index is 0.0505. The first-order valence-corrected chi connectivity index (χ1v) is 11.1. The zero-order valence-corrected chi connectivity index (χ0v) is 18.6. The van der Waals surface area contributed by atoms with Crippen molar-refractivity contribution in [1.82, 2.24) is 10.6 Å². The highest BCUT2D eigenvalue weighted by atomic mass is 16.5. The van der Waals surface area contributed by atoms with Crippen LogP contribution in [0.1, 0.15) is 35.2 Å². The second-order valence-corrected chi connectivity index (χ2v) is 8.29. The quantitative estimate of drug-likeness (QED) is 0.474. The third-order valence-electron chi connectivity index (χ3n) is 6.05. The largest absolute Gasteiger partial charge is 0.489 e. The fourth-order valence-electron chi connectivity index (χ4n) is 4.35. The number of aliphatic hydroxyl groups is 1. The SMILES string of the molecule is CC(=O)NCCN[C@@H]1c2ccc(OCc3cccc(-c4ccccc4)c3C)cc2C[C@H]1O. The van der Waals surface area contributed by atoms with Gasteiger partial charge in [-0.3, -0.25) is 4.79 Å². The van der Waals surface area contributed by atoms with Crippen LogP contribution in [0.25, 0.3) is 11.1 Å². The second-order valence-electron chi connectivity index (χ2n) is 8.29. The molecule has 32 heavy (non-hydrogen) atoms. The summed E-state index contributed by atoms with van der Waals surface area (Å²) in [7, 11) is 0. The molecule has 0 fully saturated rings. The lowest BCUT2D eigenvalue weighted by atomic mass is 9.97. The molecule has 0 spiro atoms. The van der Waals surface area contributed by atoms with Crippen LogP contribution in [-0.2, 0) is 17.8 Å². The maximum atomic E-state index is 11.0. The molecule has 0 heterocycles. The molecule has 0 bridgehead atoms. The number of fused-ring (bicyclic) bond motifs is 1. The van der Waals surface area contributed by atoms with Crippen molar-refractivity contribution < 1.29 is 14.6 Å². The van der Waals surface area contributed by atoms with Crippen molar-refractivity contribution >= 4 is 5.91 Å². The van der Waals surface area contributed by atoms with Crippen LogP contribution in [0, 0.1) is 6.92 Å². The zero-order valence-electron chi connectivity index (χ0n) is 18.6. The summed E-state index contributed by atoms with van der Waals surface area (Å²) in [5, 5.41) is 16.6. The van der Waals surface area contributed by atoms with E-state index in [1.165, 1.54) is 23.6 Å². The smallest absolute Gasteiger partial charge is 0.216 e. The van der Waals surface area contributed by atoms with Crippen LogP contribution in [0.2, 0.25) is 0 Å². The summed E-state index contributed by atoms with van der Waals surface area (Å²) >= 11 is 0. The molecule has 4 rings (SSSR count). The standard InChI is InChI=1S/C27H30N2O3/c1-18-21(9-6-10-24(18)20-7-4-3-5-8-20)17-32-23-11-12-25-22(15-23)16-26(31)27(25)29-14-13-28-19(2)30/h3-12,15,26-27,29,31H,13-14,16-17H2,1-2H3,(H,28,30)/t26-,27-/m1/s1. The molecule has 3 N–H and O–H groups in total. The Kier molecular flexibility index (Phi) is 6.88. The lowest BCUT2D eigenvalue weighted by Crippen LogP contribution is -2.35. The van der Waals surface area contributed by atoms with Crippen LogP contribution in [0.3, 0.4) is 0 Å². The molecule has 0 unspecified atom stereocenters. The Bertz CT molecular complexity index is 1080. The van der Waals surface area contributed by atoms with E-state index in [-0.39, 0.29) is 11.9 Å². The van der Waals surface area contributed by atoms with Gasteiger partial charge in [0.25, 0.3) is 0 Å². The van der Waals surface area contributed by atoms with Gasteiger partial charge in [0.1, 0.15) is 12.4 Å². The number of rotatable bonds is 8. The molecule has 0 saturated heterocycles. The van der Waals surface area contributed by atoms with Gasteiger partial charge in [0.05, 0.1) is 12.1 Å². The molecule has 0 saturated carbocycles. The van der Waals surface area contributed by atoms with Crippen LogP contribution >= 0.6 is 0 Å². The van der Waals surface area contributed by atoms with Gasteiger partial charge >= 0.3 is 0 Å². The minimum atomic E-state index is -0.484. The van der Waals surface area contributed by atoms with Crippen molar-refractivity contribution in [2.75, 3.05) is 13.1 Å². The number of hydrogen-bond acceptors (Lipinski definition) is 4. The summed E-state index contributed by atoms with van der Waals surface area (Å²) in [6.07, 6.45) is 0.106. The average molecular weight is 431 g/mol. The lowest BCUT2D eigenvalue weighted by Gasteiger charge is -2.18. The third kappa shape index (κ3) is 5.01. The number of amides is 1. The summed E-state index contributed by atoms with van der Waals surface area (Å²) in [6, 6.07) is 22.6. The first-order valence-electron chi connectivity index (χ1n) is 11.1. The Labute approximate surface area is 189 Å². The molecular formula is C27H30N2O3. The van der Waals surface area contributed by atoms with E-state index in [2.05, 4.69) is 60.0 Å². The van der Waals surface area contributed by atoms with E-state index in [1.807, 2.05) is 24.3 Å². The molecule has 1 amide bonds. The predicted octanol–water partition coefficient (Wildman–Crippen LogP) is 3.92. The van der Waals surface area contributed by atoms with Gasteiger partial charge < -0.3 is 20.5 Å². The van der Waals surface area contributed by atoms with Gasteiger partial charge in [-0.15, -0.1) is 0 Å². The van der Waals surface area contributed by atoms with E-state index in [4.69, 9.17) is 4.74 Å². The van der Waals surface area contributed by atoms with Crippen LogP contribution in [0.4, 0.5) is 0 Å². The number of nitrogens with one attached hydrogen (secondary N) is 2. The van der Waals surface area contributed by atoms with Gasteiger partial charge in [-0.1, -0.05) is 54.6 Å². The highest BCUT2D eigenvalue weighted by molar-refractivity contribution is 5.72. The molecule has 166 valence electrons. The van der Waals surface area contributed by atoms with Gasteiger partial charge in [-0.05, 0) is 52.4 Å². The van der Waals surface area contributed by atoms with E-state index in [1.54, 1.807) is 0 Å². The van der Waals surface area contributed by atoms with Gasteiger partial charge in [0.2, 0.25) is 5.91 Å². The topological polar surface area (TPSA) is 70.6 Å². The van der Waals surface area contributed by atoms with Crippen molar-refractivity contribution in [3.05, 3.63) is 89.0 Å². The first kappa shape index (κ1) is 22.1. The van der Waals surface area contributed by atoms with Crippen LogP contribution in [0.15, 0.2) is 66.7 Å². The van der Waals surface area contributed by atoms with Gasteiger partial charge in [-0.2, -0.15) is 0 Å². The van der Waals surface area contributed by atoms with Gasteiger partial charge in [0, 0.05) is 26.4 Å². The number of aliphatic hydroxyl groups excluding tert-OH is 1. The summed E-state index contributed by atoms with van der Waals surface area (Å²) in [6.45, 7) is 5.27. The molecule has 5 nitrogen and oxygen atoms in total. The predicted molar refractivity (Wildman–Crippen MR) is 127 cm³/mol. The Morgan fingerprint density at radius 1 is 1.06 bits per heavy atom. The van der Waals surface area contributed by atoms with Gasteiger partial charge in [-0.25, -0.2) is 0 Å². The summed E-state index contributed by atoms with van der Waals surface area (Å²) in [5.41, 5.74) is 6.99. The molecule has 0 aliphatic heterocycles. The normalized spacial score (nSPS) is 17.1. The maximum Gasteiger partial charge on any atom is 0.216 e. The van der Waals surface area contributed by atoms with Crippen molar-refractivity contribution in [2.24, 2.45) is 0 Å². The van der Waals surface area contributed by atoms with Crippen molar-refractivity contribution in [3.8, 4) is 16.9 Å². The van der Waals surface area contributed by atoms with Crippen LogP contribution in [0.5, 0.6) is 5.75 Å². The lowest BCUT2D eigenvalue weighted by molar-refractivity contribution is -0.118. The molecule has 3 aromatic carbocycles. The molecule has 5 heteroatoms. The summed E-state index contributed by atoms with van der Waals surface area (Å²) < 4.78 is 6.13. The van der Waals surface area contributed by atoms with Crippen LogP contribution in [-0.4, -0.2) is 30.2 Å². The molecular weight excluding hydrogens is 400 g/mol. The van der Waals surface area contributed by atoms with E-state index in [0.717, 1.165) is 22.4 Å². The van der Waals surface area contributed by atoms with E-state index < -0.39 is 6.10 Å². The Morgan fingerprint density at radius 2 is 1.88 bits per heavy atom.